The van der Waals surface area contributed by atoms with Crippen LogP contribution in [0.4, 0.5) is 5.69 Å². The van der Waals surface area contributed by atoms with Crippen LogP contribution in [-0.4, -0.2) is 30.0 Å². The van der Waals surface area contributed by atoms with Crippen LogP contribution in [0.5, 0.6) is 0 Å². The SMILES string of the molecule is NC(=NC1CCN(Cc2ccccc2)CC1)Nc1ccc(Cl)cc1. The van der Waals surface area contributed by atoms with Gasteiger partial charge < -0.3 is 11.1 Å². The first-order chi connectivity index (χ1) is 11.7. The molecular weight excluding hydrogens is 320 g/mol. The summed E-state index contributed by atoms with van der Waals surface area (Å²) < 4.78 is 0. The van der Waals surface area contributed by atoms with Crippen LogP contribution in [0, 0.1) is 0 Å². The molecule has 0 unspecified atom stereocenters. The van der Waals surface area contributed by atoms with Crippen molar-refractivity contribution in [3.8, 4) is 0 Å². The van der Waals surface area contributed by atoms with E-state index in [-0.39, 0.29) is 6.04 Å². The number of benzene rings is 2. The second-order valence-electron chi connectivity index (χ2n) is 6.14. The normalized spacial score (nSPS) is 17.0. The quantitative estimate of drug-likeness (QED) is 0.657. The molecular formula is C19H23ClN4. The highest BCUT2D eigenvalue weighted by atomic mass is 35.5. The average Bonchev–Trinajstić information content (AvgIpc) is 2.60. The van der Waals surface area contributed by atoms with Crippen molar-refractivity contribution in [1.29, 1.82) is 0 Å². The largest absolute Gasteiger partial charge is 0.370 e. The molecule has 0 saturated carbocycles. The molecule has 1 saturated heterocycles. The number of anilines is 1. The Morgan fingerprint density at radius 1 is 1.08 bits per heavy atom. The maximum Gasteiger partial charge on any atom is 0.193 e. The highest BCUT2D eigenvalue weighted by Crippen LogP contribution is 2.17. The van der Waals surface area contributed by atoms with Gasteiger partial charge in [-0.15, -0.1) is 0 Å². The molecule has 4 nitrogen and oxygen atoms in total. The first kappa shape index (κ1) is 16.8. The molecule has 0 radical (unpaired) electrons. The molecule has 2 aromatic rings. The van der Waals surface area contributed by atoms with Crippen LogP contribution in [0.15, 0.2) is 59.6 Å². The van der Waals surface area contributed by atoms with Crippen molar-refractivity contribution in [3.05, 3.63) is 65.2 Å². The van der Waals surface area contributed by atoms with Gasteiger partial charge in [-0.2, -0.15) is 0 Å². The highest BCUT2D eigenvalue weighted by molar-refractivity contribution is 6.30. The molecule has 0 aromatic heterocycles. The number of piperidine rings is 1. The molecule has 1 aliphatic rings. The second kappa shape index (κ2) is 8.18. The minimum atomic E-state index is 0.289. The van der Waals surface area contributed by atoms with Crippen LogP contribution in [0.1, 0.15) is 18.4 Å². The fourth-order valence-electron chi connectivity index (χ4n) is 2.96. The number of aliphatic imine (C=N–C) groups is 1. The van der Waals surface area contributed by atoms with Crippen molar-refractivity contribution in [1.82, 2.24) is 4.90 Å². The van der Waals surface area contributed by atoms with E-state index in [1.54, 1.807) is 0 Å². The van der Waals surface area contributed by atoms with Gasteiger partial charge in [0.05, 0.1) is 6.04 Å². The predicted octanol–water partition coefficient (Wildman–Crippen LogP) is 3.73. The van der Waals surface area contributed by atoms with E-state index in [9.17, 15) is 0 Å². The lowest BCUT2D eigenvalue weighted by Crippen LogP contribution is -2.36. The minimum Gasteiger partial charge on any atom is -0.370 e. The zero-order valence-corrected chi connectivity index (χ0v) is 14.4. The fourth-order valence-corrected chi connectivity index (χ4v) is 3.08. The van der Waals surface area contributed by atoms with Crippen LogP contribution >= 0.6 is 11.6 Å². The van der Waals surface area contributed by atoms with Crippen LogP contribution in [0.3, 0.4) is 0 Å². The Morgan fingerprint density at radius 2 is 1.75 bits per heavy atom. The van der Waals surface area contributed by atoms with E-state index in [1.807, 2.05) is 24.3 Å². The molecule has 0 bridgehead atoms. The molecule has 1 heterocycles. The smallest absolute Gasteiger partial charge is 0.193 e. The van der Waals surface area contributed by atoms with E-state index in [0.29, 0.717) is 11.0 Å². The Kier molecular flexibility index (Phi) is 5.72. The summed E-state index contributed by atoms with van der Waals surface area (Å²) in [5.74, 6) is 0.471. The van der Waals surface area contributed by atoms with Crippen molar-refractivity contribution < 1.29 is 0 Å². The third-order valence-corrected chi connectivity index (χ3v) is 4.50. The molecule has 126 valence electrons. The van der Waals surface area contributed by atoms with Gasteiger partial charge in [0.2, 0.25) is 0 Å². The number of hydrogen-bond donors (Lipinski definition) is 2. The summed E-state index contributed by atoms with van der Waals surface area (Å²) in [7, 11) is 0. The lowest BCUT2D eigenvalue weighted by atomic mass is 10.0. The van der Waals surface area contributed by atoms with Gasteiger partial charge in [0.1, 0.15) is 0 Å². The Balaban J connectivity index is 1.48. The summed E-state index contributed by atoms with van der Waals surface area (Å²) in [4.78, 5) is 7.10. The van der Waals surface area contributed by atoms with Gasteiger partial charge in [-0.25, -0.2) is 4.99 Å². The van der Waals surface area contributed by atoms with Gasteiger partial charge in [0.25, 0.3) is 0 Å². The Bertz CT molecular complexity index is 662. The van der Waals surface area contributed by atoms with E-state index < -0.39 is 0 Å². The molecule has 5 heteroatoms. The molecule has 3 rings (SSSR count). The lowest BCUT2D eigenvalue weighted by Gasteiger charge is -2.30. The third kappa shape index (κ3) is 4.98. The van der Waals surface area contributed by atoms with Crippen molar-refractivity contribution in [2.24, 2.45) is 10.7 Å². The number of halogens is 1. The number of guanidine groups is 1. The molecule has 0 atom stereocenters. The Hall–Kier alpha value is -2.04. The molecule has 3 N–H and O–H groups in total. The van der Waals surface area contributed by atoms with E-state index in [2.05, 4.69) is 45.5 Å². The first-order valence-electron chi connectivity index (χ1n) is 8.31. The van der Waals surface area contributed by atoms with Gasteiger partial charge in [-0.05, 0) is 42.7 Å². The van der Waals surface area contributed by atoms with Gasteiger partial charge in [0, 0.05) is 30.3 Å². The van der Waals surface area contributed by atoms with E-state index in [1.165, 1.54) is 5.56 Å². The number of nitrogens with two attached hydrogens (primary N) is 1. The second-order valence-corrected chi connectivity index (χ2v) is 6.58. The van der Waals surface area contributed by atoms with Gasteiger partial charge in [-0.3, -0.25) is 4.90 Å². The molecule has 2 aromatic carbocycles. The zero-order chi connectivity index (χ0) is 16.8. The van der Waals surface area contributed by atoms with Gasteiger partial charge in [-0.1, -0.05) is 41.9 Å². The molecule has 1 fully saturated rings. The average molecular weight is 343 g/mol. The number of nitrogens with zero attached hydrogens (tertiary/aromatic N) is 2. The number of rotatable bonds is 4. The third-order valence-electron chi connectivity index (χ3n) is 4.24. The minimum absolute atomic E-state index is 0.289. The maximum absolute atomic E-state index is 6.03. The van der Waals surface area contributed by atoms with Crippen molar-refractivity contribution in [2.45, 2.75) is 25.4 Å². The van der Waals surface area contributed by atoms with E-state index in [0.717, 1.165) is 38.2 Å². The summed E-state index contributed by atoms with van der Waals surface area (Å²) in [5.41, 5.74) is 8.29. The number of nitrogens with one attached hydrogen (secondary N) is 1. The highest BCUT2D eigenvalue weighted by Gasteiger charge is 2.18. The van der Waals surface area contributed by atoms with Crippen molar-refractivity contribution in [3.63, 3.8) is 0 Å². The first-order valence-corrected chi connectivity index (χ1v) is 8.69. The van der Waals surface area contributed by atoms with Crippen molar-refractivity contribution in [2.75, 3.05) is 18.4 Å². The summed E-state index contributed by atoms with van der Waals surface area (Å²) in [6.45, 7) is 3.12. The summed E-state index contributed by atoms with van der Waals surface area (Å²) in [5, 5.41) is 3.83. The predicted molar refractivity (Wildman–Crippen MR) is 101 cm³/mol. The molecule has 1 aliphatic heterocycles. The summed E-state index contributed by atoms with van der Waals surface area (Å²) in [6, 6.07) is 18.3. The van der Waals surface area contributed by atoms with Gasteiger partial charge >= 0.3 is 0 Å². The molecule has 24 heavy (non-hydrogen) atoms. The monoisotopic (exact) mass is 342 g/mol. The van der Waals surface area contributed by atoms with Crippen LogP contribution < -0.4 is 11.1 Å². The summed E-state index contributed by atoms with van der Waals surface area (Å²) in [6.07, 6.45) is 2.08. The van der Waals surface area contributed by atoms with Crippen LogP contribution in [0.2, 0.25) is 5.02 Å². The van der Waals surface area contributed by atoms with Crippen LogP contribution in [-0.2, 0) is 6.54 Å². The molecule has 0 aliphatic carbocycles. The standard InChI is InChI=1S/C19H23ClN4/c20-16-6-8-17(9-7-16)22-19(21)23-18-10-12-24(13-11-18)14-15-4-2-1-3-5-15/h1-9,18H,10-14H2,(H3,21,22,23). The molecule has 0 amide bonds. The van der Waals surface area contributed by atoms with Crippen molar-refractivity contribution >= 4 is 23.2 Å². The zero-order valence-electron chi connectivity index (χ0n) is 13.7. The summed E-state index contributed by atoms with van der Waals surface area (Å²) >= 11 is 5.88. The fraction of sp³-hybridized carbons (Fsp3) is 0.316. The number of hydrogen-bond acceptors (Lipinski definition) is 2. The maximum atomic E-state index is 6.03. The van der Waals surface area contributed by atoms with E-state index >= 15 is 0 Å². The van der Waals surface area contributed by atoms with Gasteiger partial charge in [0.15, 0.2) is 5.96 Å². The topological polar surface area (TPSA) is 53.6 Å². The van der Waals surface area contributed by atoms with E-state index in [4.69, 9.17) is 17.3 Å². The molecule has 0 spiro atoms. The number of likely N-dealkylation sites (tertiary alicyclic amines) is 1. The lowest BCUT2D eigenvalue weighted by molar-refractivity contribution is 0.206. The van der Waals surface area contributed by atoms with Crippen LogP contribution in [0.25, 0.3) is 0 Å². The Morgan fingerprint density at radius 3 is 2.42 bits per heavy atom. The Labute approximate surface area is 148 Å².